The number of carbonyl (C=O) groups excluding carboxylic acids is 3. The maximum Gasteiger partial charge on any atom is 0.306 e. The van der Waals surface area contributed by atoms with Gasteiger partial charge in [0.1, 0.15) is 13.2 Å². The first-order chi connectivity index (χ1) is 32.4. The molecule has 0 saturated heterocycles. The summed E-state index contributed by atoms with van der Waals surface area (Å²) in [6, 6.07) is 0. The zero-order chi connectivity index (χ0) is 48.1. The molecule has 6 nitrogen and oxygen atoms in total. The van der Waals surface area contributed by atoms with Crippen LogP contribution in [-0.4, -0.2) is 37.2 Å². The Balaban J connectivity index is 4.28. The third-order valence-electron chi connectivity index (χ3n) is 13.8. The second-order valence-electron chi connectivity index (χ2n) is 21.1. The van der Waals surface area contributed by atoms with Crippen LogP contribution in [0.1, 0.15) is 342 Å². The van der Waals surface area contributed by atoms with E-state index < -0.39 is 6.10 Å². The third-order valence-corrected chi connectivity index (χ3v) is 13.8. The second kappa shape index (κ2) is 54.4. The molecule has 0 aliphatic carbocycles. The number of esters is 3. The fraction of sp³-hybridized carbons (Fsp3) is 0.950. The van der Waals surface area contributed by atoms with Gasteiger partial charge in [0.25, 0.3) is 0 Å². The number of carbonyl (C=O) groups is 3. The van der Waals surface area contributed by atoms with Crippen molar-refractivity contribution in [1.29, 1.82) is 0 Å². The smallest absolute Gasteiger partial charge is 0.306 e. The molecule has 392 valence electrons. The minimum atomic E-state index is -0.762. The topological polar surface area (TPSA) is 78.9 Å². The summed E-state index contributed by atoms with van der Waals surface area (Å²) >= 11 is 0. The third kappa shape index (κ3) is 53.4. The molecule has 0 bridgehead atoms. The molecule has 0 N–H and O–H groups in total. The van der Waals surface area contributed by atoms with Crippen molar-refractivity contribution in [3.05, 3.63) is 0 Å². The van der Waals surface area contributed by atoms with Crippen LogP contribution in [-0.2, 0) is 28.6 Å². The van der Waals surface area contributed by atoms with Crippen LogP contribution in [0, 0.1) is 5.92 Å². The lowest BCUT2D eigenvalue weighted by Crippen LogP contribution is -2.30. The van der Waals surface area contributed by atoms with Crippen molar-refractivity contribution < 1.29 is 28.6 Å². The van der Waals surface area contributed by atoms with Gasteiger partial charge < -0.3 is 14.2 Å². The van der Waals surface area contributed by atoms with Crippen LogP contribution >= 0.6 is 0 Å². The summed E-state index contributed by atoms with van der Waals surface area (Å²) in [5, 5.41) is 0. The molecular formula is C60H116O6. The van der Waals surface area contributed by atoms with Gasteiger partial charge in [0.2, 0.25) is 0 Å². The summed E-state index contributed by atoms with van der Waals surface area (Å²) in [6.45, 7) is 9.08. The highest BCUT2D eigenvalue weighted by molar-refractivity contribution is 5.71. The Hall–Kier alpha value is -1.59. The first-order valence-corrected chi connectivity index (χ1v) is 29.9. The fourth-order valence-electron chi connectivity index (χ4n) is 9.28. The molecule has 66 heavy (non-hydrogen) atoms. The summed E-state index contributed by atoms with van der Waals surface area (Å²) in [5.41, 5.74) is 0. The van der Waals surface area contributed by atoms with Crippen LogP contribution in [0.25, 0.3) is 0 Å². The van der Waals surface area contributed by atoms with Crippen molar-refractivity contribution in [2.24, 2.45) is 5.92 Å². The number of hydrogen-bond acceptors (Lipinski definition) is 6. The van der Waals surface area contributed by atoms with E-state index in [0.29, 0.717) is 19.3 Å². The average molecular weight is 934 g/mol. The number of ether oxygens (including phenoxy) is 3. The van der Waals surface area contributed by atoms with E-state index in [9.17, 15) is 14.4 Å². The highest BCUT2D eigenvalue weighted by atomic mass is 16.6. The van der Waals surface area contributed by atoms with E-state index in [0.717, 1.165) is 63.7 Å². The molecule has 0 aromatic heterocycles. The molecule has 0 radical (unpaired) electrons. The van der Waals surface area contributed by atoms with Crippen LogP contribution in [0.2, 0.25) is 0 Å². The molecule has 0 saturated carbocycles. The van der Waals surface area contributed by atoms with E-state index in [2.05, 4.69) is 27.7 Å². The van der Waals surface area contributed by atoms with E-state index in [1.807, 2.05) is 0 Å². The highest BCUT2D eigenvalue weighted by Crippen LogP contribution is 2.18. The van der Waals surface area contributed by atoms with Gasteiger partial charge in [-0.15, -0.1) is 0 Å². The van der Waals surface area contributed by atoms with Gasteiger partial charge in [-0.3, -0.25) is 14.4 Å². The summed E-state index contributed by atoms with van der Waals surface area (Å²) in [5.74, 6) is 0.0173. The maximum absolute atomic E-state index is 12.9. The predicted octanol–water partition coefficient (Wildman–Crippen LogP) is 19.8. The molecule has 6 heteroatoms. The Morgan fingerprint density at radius 2 is 0.500 bits per heavy atom. The van der Waals surface area contributed by atoms with Crippen LogP contribution in [0.4, 0.5) is 0 Å². The average Bonchev–Trinajstić information content (AvgIpc) is 3.30. The van der Waals surface area contributed by atoms with E-state index in [-0.39, 0.29) is 31.1 Å². The van der Waals surface area contributed by atoms with Gasteiger partial charge in [0.15, 0.2) is 6.10 Å². The summed E-state index contributed by atoms with van der Waals surface area (Å²) in [7, 11) is 0. The van der Waals surface area contributed by atoms with Gasteiger partial charge in [-0.2, -0.15) is 0 Å². The molecule has 0 fully saturated rings. The minimum Gasteiger partial charge on any atom is -0.462 e. The van der Waals surface area contributed by atoms with Crippen molar-refractivity contribution in [1.82, 2.24) is 0 Å². The predicted molar refractivity (Wildman–Crippen MR) is 284 cm³/mol. The van der Waals surface area contributed by atoms with Gasteiger partial charge in [-0.1, -0.05) is 304 Å². The van der Waals surface area contributed by atoms with E-state index in [4.69, 9.17) is 14.2 Å². The zero-order valence-electron chi connectivity index (χ0n) is 45.2. The number of rotatable bonds is 55. The van der Waals surface area contributed by atoms with E-state index >= 15 is 0 Å². The normalized spacial score (nSPS) is 12.0. The van der Waals surface area contributed by atoms with Crippen LogP contribution in [0.5, 0.6) is 0 Å². The van der Waals surface area contributed by atoms with Gasteiger partial charge >= 0.3 is 17.9 Å². The Morgan fingerprint density at radius 3 is 0.742 bits per heavy atom. The standard InChI is InChI=1S/C60H116O6/c1-5-7-9-11-13-15-17-19-22-27-31-35-39-43-47-51-58(61)64-54-57(66-60(63)53-49-45-41-37-33-29-23-20-18-16-14-12-10-8-6-2)55-65-59(62)52-48-44-40-36-32-28-25-21-24-26-30-34-38-42-46-50-56(3)4/h56-57H,5-55H2,1-4H3/t57-/m1/s1. The van der Waals surface area contributed by atoms with Crippen LogP contribution in [0.15, 0.2) is 0 Å². The largest absolute Gasteiger partial charge is 0.462 e. The summed E-state index contributed by atoms with van der Waals surface area (Å²) < 4.78 is 16.9. The maximum atomic E-state index is 12.9. The number of unbranched alkanes of at least 4 members (excludes halogenated alkanes) is 42. The van der Waals surface area contributed by atoms with Crippen molar-refractivity contribution in [2.75, 3.05) is 13.2 Å². The van der Waals surface area contributed by atoms with Gasteiger partial charge in [-0.25, -0.2) is 0 Å². The SMILES string of the molecule is CCCCCCCCCCCCCCCCCC(=O)OC[C@H](COC(=O)CCCCCCCCCCCCCCCCCC(C)C)OC(=O)CCCCCCCCCCCCCCCCC. The lowest BCUT2D eigenvalue weighted by molar-refractivity contribution is -0.167. The molecule has 0 heterocycles. The van der Waals surface area contributed by atoms with E-state index in [1.54, 1.807) is 0 Å². The Kier molecular flexibility index (Phi) is 53.0. The molecule has 0 aromatic carbocycles. The first-order valence-electron chi connectivity index (χ1n) is 29.9. The summed E-state index contributed by atoms with van der Waals surface area (Å²) in [4.78, 5) is 38.2. The molecule has 0 unspecified atom stereocenters. The van der Waals surface area contributed by atoms with Gasteiger partial charge in [-0.05, 0) is 25.2 Å². The molecule has 0 aliphatic heterocycles. The fourth-order valence-corrected chi connectivity index (χ4v) is 9.28. The quantitative estimate of drug-likeness (QED) is 0.0343. The van der Waals surface area contributed by atoms with Crippen LogP contribution < -0.4 is 0 Å². The first kappa shape index (κ1) is 64.4. The van der Waals surface area contributed by atoms with E-state index in [1.165, 1.54) is 238 Å². The molecular weight excluding hydrogens is 817 g/mol. The second-order valence-corrected chi connectivity index (χ2v) is 21.1. The zero-order valence-corrected chi connectivity index (χ0v) is 45.2. The Morgan fingerprint density at radius 1 is 0.288 bits per heavy atom. The van der Waals surface area contributed by atoms with Crippen molar-refractivity contribution in [3.63, 3.8) is 0 Å². The lowest BCUT2D eigenvalue weighted by atomic mass is 10.0. The van der Waals surface area contributed by atoms with Crippen molar-refractivity contribution >= 4 is 17.9 Å². The van der Waals surface area contributed by atoms with Crippen LogP contribution in [0.3, 0.4) is 0 Å². The molecule has 0 spiro atoms. The molecule has 0 amide bonds. The molecule has 0 rings (SSSR count). The Bertz CT molecular complexity index is 996. The minimum absolute atomic E-state index is 0.0615. The summed E-state index contributed by atoms with van der Waals surface area (Å²) in [6.07, 6.45) is 59.5. The van der Waals surface area contributed by atoms with Crippen molar-refractivity contribution in [2.45, 2.75) is 348 Å². The highest BCUT2D eigenvalue weighted by Gasteiger charge is 2.19. The number of hydrogen-bond donors (Lipinski definition) is 0. The van der Waals surface area contributed by atoms with Gasteiger partial charge in [0.05, 0.1) is 0 Å². The monoisotopic (exact) mass is 933 g/mol. The molecule has 0 aliphatic rings. The molecule has 0 aromatic rings. The lowest BCUT2D eigenvalue weighted by Gasteiger charge is -2.18. The van der Waals surface area contributed by atoms with Crippen molar-refractivity contribution in [3.8, 4) is 0 Å². The molecule has 1 atom stereocenters. The van der Waals surface area contributed by atoms with Gasteiger partial charge in [0, 0.05) is 19.3 Å². The Labute approximate surface area is 412 Å².